The minimum absolute atomic E-state index is 0.616. The second kappa shape index (κ2) is 6.41. The van der Waals surface area contributed by atoms with Crippen LogP contribution in [0.3, 0.4) is 0 Å². The molecule has 2 aliphatic carbocycles. The van der Waals surface area contributed by atoms with Crippen molar-refractivity contribution < 1.29 is 0 Å². The summed E-state index contributed by atoms with van der Waals surface area (Å²) in [6.45, 7) is 8.63. The van der Waals surface area contributed by atoms with Crippen LogP contribution in [-0.2, 0) is 19.4 Å². The van der Waals surface area contributed by atoms with Crippen LogP contribution in [0.15, 0.2) is 4.47 Å². The lowest BCUT2D eigenvalue weighted by Gasteiger charge is -2.26. The highest BCUT2D eigenvalue weighted by Gasteiger charge is 2.47. The van der Waals surface area contributed by atoms with Crippen LogP contribution < -0.4 is 5.32 Å². The number of hydrogen-bond donors (Lipinski definition) is 1. The molecule has 1 heterocycles. The van der Waals surface area contributed by atoms with Gasteiger partial charge in [0.15, 0.2) is 0 Å². The van der Waals surface area contributed by atoms with E-state index in [1.54, 1.807) is 0 Å². The average Bonchev–Trinajstić information content (AvgIpc) is 2.97. The molecular weight excluding hydrogens is 326 g/mol. The Morgan fingerprint density at radius 2 is 1.95 bits per heavy atom. The van der Waals surface area contributed by atoms with Gasteiger partial charge < -0.3 is 5.32 Å². The van der Waals surface area contributed by atoms with Gasteiger partial charge in [-0.15, -0.1) is 0 Å². The zero-order valence-corrected chi connectivity index (χ0v) is 15.1. The van der Waals surface area contributed by atoms with Gasteiger partial charge in [-0.3, -0.25) is 4.68 Å². The predicted molar refractivity (Wildman–Crippen MR) is 90.5 cm³/mol. The van der Waals surface area contributed by atoms with Crippen LogP contribution in [0.4, 0.5) is 0 Å². The van der Waals surface area contributed by atoms with Crippen LogP contribution in [0.2, 0.25) is 0 Å². The Morgan fingerprint density at radius 1 is 1.24 bits per heavy atom. The quantitative estimate of drug-likeness (QED) is 0.807. The monoisotopic (exact) mass is 353 g/mol. The molecule has 4 heteroatoms. The number of nitrogens with zero attached hydrogens (tertiary/aromatic N) is 2. The molecule has 3 nitrogen and oxygen atoms in total. The predicted octanol–water partition coefficient (Wildman–Crippen LogP) is 3.79. The van der Waals surface area contributed by atoms with Crippen LogP contribution in [0, 0.1) is 17.8 Å². The van der Waals surface area contributed by atoms with Gasteiger partial charge in [0.25, 0.3) is 0 Å². The van der Waals surface area contributed by atoms with Crippen LogP contribution in [0.25, 0.3) is 0 Å². The summed E-state index contributed by atoms with van der Waals surface area (Å²) in [4.78, 5) is 0. The maximum absolute atomic E-state index is 4.75. The van der Waals surface area contributed by atoms with Crippen LogP contribution in [0.1, 0.15) is 51.4 Å². The third-order valence-electron chi connectivity index (χ3n) is 5.42. The zero-order chi connectivity index (χ0) is 15.0. The van der Waals surface area contributed by atoms with Crippen molar-refractivity contribution in [2.24, 2.45) is 17.8 Å². The number of fused-ring (bicyclic) bond motifs is 1. The van der Waals surface area contributed by atoms with E-state index in [1.165, 1.54) is 35.1 Å². The van der Waals surface area contributed by atoms with Crippen molar-refractivity contribution in [3.8, 4) is 0 Å². The van der Waals surface area contributed by atoms with E-state index >= 15 is 0 Å². The topological polar surface area (TPSA) is 29.9 Å². The molecule has 2 aliphatic rings. The SMILES string of the molecule is CCNC(Cc1c(Br)c(CC)nn1CC)C1CC2CC2C1. The first-order valence-corrected chi connectivity index (χ1v) is 9.44. The second-order valence-corrected chi connectivity index (χ2v) is 7.53. The first-order valence-electron chi connectivity index (χ1n) is 8.65. The minimum Gasteiger partial charge on any atom is -0.314 e. The maximum atomic E-state index is 4.75. The molecule has 2 fully saturated rings. The molecule has 1 N–H and O–H groups in total. The molecular formula is C17H28BrN3. The molecule has 0 aromatic carbocycles. The maximum Gasteiger partial charge on any atom is 0.0766 e. The Bertz CT molecular complexity index is 486. The third-order valence-corrected chi connectivity index (χ3v) is 6.34. The number of aromatic nitrogens is 2. The van der Waals surface area contributed by atoms with E-state index in [2.05, 4.69) is 46.7 Å². The van der Waals surface area contributed by atoms with Crippen LogP contribution in [-0.4, -0.2) is 22.4 Å². The highest BCUT2D eigenvalue weighted by molar-refractivity contribution is 9.10. The number of rotatable bonds is 7. The Hall–Kier alpha value is -0.350. The Labute approximate surface area is 137 Å². The molecule has 3 unspecified atom stereocenters. The van der Waals surface area contributed by atoms with E-state index < -0.39 is 0 Å². The molecule has 3 atom stereocenters. The Balaban J connectivity index is 1.77. The fraction of sp³-hybridized carbons (Fsp3) is 0.824. The highest BCUT2D eigenvalue weighted by Crippen LogP contribution is 2.55. The number of likely N-dealkylation sites (N-methyl/N-ethyl adjacent to an activating group) is 1. The molecule has 0 radical (unpaired) electrons. The van der Waals surface area contributed by atoms with Gasteiger partial charge in [0.05, 0.1) is 15.9 Å². The van der Waals surface area contributed by atoms with Gasteiger partial charge in [0.2, 0.25) is 0 Å². The van der Waals surface area contributed by atoms with Crippen molar-refractivity contribution in [2.45, 2.75) is 65.5 Å². The number of aryl methyl sites for hydroxylation is 2. The van der Waals surface area contributed by atoms with E-state index in [0.29, 0.717) is 6.04 Å². The fourth-order valence-corrected chi connectivity index (χ4v) is 4.90. The van der Waals surface area contributed by atoms with Crippen molar-refractivity contribution in [1.82, 2.24) is 15.1 Å². The van der Waals surface area contributed by atoms with Crippen LogP contribution in [0.5, 0.6) is 0 Å². The van der Waals surface area contributed by atoms with Crippen molar-refractivity contribution >= 4 is 15.9 Å². The molecule has 0 saturated heterocycles. The number of hydrogen-bond acceptors (Lipinski definition) is 2. The molecule has 2 saturated carbocycles. The Morgan fingerprint density at radius 3 is 2.52 bits per heavy atom. The Kier molecular flexibility index (Phi) is 4.75. The van der Waals surface area contributed by atoms with Crippen molar-refractivity contribution in [2.75, 3.05) is 6.54 Å². The smallest absolute Gasteiger partial charge is 0.0766 e. The van der Waals surface area contributed by atoms with E-state index in [4.69, 9.17) is 5.10 Å². The molecule has 0 spiro atoms. The van der Waals surface area contributed by atoms with Gasteiger partial charge in [-0.05, 0) is 72.8 Å². The summed E-state index contributed by atoms with van der Waals surface area (Å²) >= 11 is 3.80. The molecule has 21 heavy (non-hydrogen) atoms. The summed E-state index contributed by atoms with van der Waals surface area (Å²) in [5.74, 6) is 2.98. The van der Waals surface area contributed by atoms with E-state index in [9.17, 15) is 0 Å². The minimum atomic E-state index is 0.616. The normalized spacial score (nSPS) is 28.7. The standard InChI is InChI=1S/C17H28BrN3/c1-4-14-17(18)16(21(6-3)20-14)10-15(19-5-2)13-8-11-7-12(11)9-13/h11-13,15,19H,4-10H2,1-3H3. The molecule has 1 aromatic rings. The van der Waals surface area contributed by atoms with E-state index in [-0.39, 0.29) is 0 Å². The number of nitrogens with one attached hydrogen (secondary N) is 1. The first-order chi connectivity index (χ1) is 10.2. The largest absolute Gasteiger partial charge is 0.314 e. The molecule has 3 rings (SSSR count). The first kappa shape index (κ1) is 15.5. The fourth-order valence-electron chi connectivity index (χ4n) is 4.18. The van der Waals surface area contributed by atoms with Crippen molar-refractivity contribution in [3.63, 3.8) is 0 Å². The molecule has 1 aromatic heterocycles. The lowest BCUT2D eigenvalue weighted by Crippen LogP contribution is -2.38. The van der Waals surface area contributed by atoms with Gasteiger partial charge in [0, 0.05) is 19.0 Å². The highest BCUT2D eigenvalue weighted by atomic mass is 79.9. The average molecular weight is 354 g/mol. The lowest BCUT2D eigenvalue weighted by atomic mass is 9.91. The lowest BCUT2D eigenvalue weighted by molar-refractivity contribution is 0.331. The summed E-state index contributed by atoms with van der Waals surface area (Å²) in [6, 6.07) is 0.616. The summed E-state index contributed by atoms with van der Waals surface area (Å²) in [5.41, 5.74) is 2.59. The summed E-state index contributed by atoms with van der Waals surface area (Å²) < 4.78 is 3.45. The zero-order valence-electron chi connectivity index (χ0n) is 13.5. The van der Waals surface area contributed by atoms with Gasteiger partial charge in [-0.1, -0.05) is 13.8 Å². The van der Waals surface area contributed by atoms with Gasteiger partial charge >= 0.3 is 0 Å². The molecule has 0 aliphatic heterocycles. The second-order valence-electron chi connectivity index (χ2n) is 6.73. The van der Waals surface area contributed by atoms with Gasteiger partial charge in [-0.25, -0.2) is 0 Å². The van der Waals surface area contributed by atoms with Crippen LogP contribution >= 0.6 is 15.9 Å². The van der Waals surface area contributed by atoms with E-state index in [0.717, 1.165) is 43.7 Å². The molecule has 0 amide bonds. The third kappa shape index (κ3) is 3.07. The van der Waals surface area contributed by atoms with Gasteiger partial charge in [-0.2, -0.15) is 5.10 Å². The summed E-state index contributed by atoms with van der Waals surface area (Å²) in [5, 5.41) is 8.51. The number of halogens is 1. The molecule has 118 valence electrons. The van der Waals surface area contributed by atoms with Crippen molar-refractivity contribution in [1.29, 1.82) is 0 Å². The van der Waals surface area contributed by atoms with Crippen molar-refractivity contribution in [3.05, 3.63) is 15.9 Å². The van der Waals surface area contributed by atoms with E-state index in [1.807, 2.05) is 0 Å². The molecule has 0 bridgehead atoms. The van der Waals surface area contributed by atoms with Gasteiger partial charge in [0.1, 0.15) is 0 Å². The summed E-state index contributed by atoms with van der Waals surface area (Å²) in [6.07, 6.45) is 6.51. The summed E-state index contributed by atoms with van der Waals surface area (Å²) in [7, 11) is 0.